The molecule has 0 saturated carbocycles. The number of halogens is 3. The number of likely N-dealkylation sites (tertiary alicyclic amines) is 1. The molecule has 3 heterocycles. The first-order valence-electron chi connectivity index (χ1n) is 9.30. The number of alkyl halides is 3. The monoisotopic (exact) mass is 439 g/mol. The van der Waals surface area contributed by atoms with Crippen LogP contribution in [0.3, 0.4) is 0 Å². The number of aromatic nitrogens is 2. The molecule has 0 bridgehead atoms. The fraction of sp³-hybridized carbons (Fsp3) is 0.765. The number of piperidine rings is 1. The van der Waals surface area contributed by atoms with E-state index in [1.54, 1.807) is 25.7 Å². The van der Waals surface area contributed by atoms with Gasteiger partial charge in [0.15, 0.2) is 0 Å². The molecular weight excluding hydrogens is 415 g/mol. The summed E-state index contributed by atoms with van der Waals surface area (Å²) in [6.45, 7) is 6.67. The quantitative estimate of drug-likeness (QED) is 0.519. The molecule has 29 heavy (non-hydrogen) atoms. The van der Waals surface area contributed by atoms with E-state index in [-0.39, 0.29) is 0 Å². The zero-order valence-corrected chi connectivity index (χ0v) is 17.3. The SMILES string of the molecule is CC(C)(C)OC(=O)N1CCC2(CCCn3nc(OS(=O)(=O)C(F)(F)F)cc32)CC1. The Morgan fingerprint density at radius 1 is 1.14 bits per heavy atom. The molecule has 2 aliphatic heterocycles. The lowest BCUT2D eigenvalue weighted by molar-refractivity contribution is -0.0501. The minimum atomic E-state index is -5.78. The highest BCUT2D eigenvalue weighted by atomic mass is 32.2. The van der Waals surface area contributed by atoms with E-state index in [0.29, 0.717) is 38.2 Å². The van der Waals surface area contributed by atoms with Gasteiger partial charge in [-0.05, 0) is 46.5 Å². The molecule has 0 aliphatic carbocycles. The van der Waals surface area contributed by atoms with Gasteiger partial charge in [0.1, 0.15) is 5.60 Å². The highest BCUT2D eigenvalue weighted by molar-refractivity contribution is 7.87. The second kappa shape index (κ2) is 7.06. The maximum atomic E-state index is 12.6. The van der Waals surface area contributed by atoms with Crippen LogP contribution in [0.25, 0.3) is 0 Å². The molecule has 164 valence electrons. The Kier molecular flexibility index (Phi) is 5.29. The summed E-state index contributed by atoms with van der Waals surface area (Å²) in [5.74, 6) is -0.590. The van der Waals surface area contributed by atoms with Crippen molar-refractivity contribution in [3.63, 3.8) is 0 Å². The Labute approximate surface area is 167 Å². The lowest BCUT2D eigenvalue weighted by atomic mass is 9.71. The molecule has 0 radical (unpaired) electrons. The van der Waals surface area contributed by atoms with Crippen LogP contribution in [0.15, 0.2) is 6.07 Å². The van der Waals surface area contributed by atoms with Crippen molar-refractivity contribution in [1.82, 2.24) is 14.7 Å². The van der Waals surface area contributed by atoms with E-state index in [1.807, 2.05) is 0 Å². The van der Waals surface area contributed by atoms with Gasteiger partial charge < -0.3 is 13.8 Å². The summed E-state index contributed by atoms with van der Waals surface area (Å²) < 4.78 is 71.4. The molecule has 8 nitrogen and oxygen atoms in total. The minimum Gasteiger partial charge on any atom is -0.444 e. The Hall–Kier alpha value is -1.98. The van der Waals surface area contributed by atoms with Crippen LogP contribution < -0.4 is 4.18 Å². The van der Waals surface area contributed by atoms with E-state index in [1.165, 1.54) is 10.7 Å². The highest BCUT2D eigenvalue weighted by Crippen LogP contribution is 2.44. The van der Waals surface area contributed by atoms with Crippen LogP contribution in [0.4, 0.5) is 18.0 Å². The van der Waals surface area contributed by atoms with Crippen LogP contribution in [0.2, 0.25) is 0 Å². The molecule has 1 spiro atoms. The van der Waals surface area contributed by atoms with Gasteiger partial charge >= 0.3 is 21.7 Å². The van der Waals surface area contributed by atoms with Crippen molar-refractivity contribution in [2.24, 2.45) is 0 Å². The summed E-state index contributed by atoms with van der Waals surface area (Å²) in [5.41, 5.74) is -5.88. The topological polar surface area (TPSA) is 90.7 Å². The molecule has 0 aromatic carbocycles. The average Bonchev–Trinajstić information content (AvgIpc) is 2.96. The van der Waals surface area contributed by atoms with E-state index in [4.69, 9.17) is 4.74 Å². The molecule has 12 heteroatoms. The fourth-order valence-electron chi connectivity index (χ4n) is 3.84. The Morgan fingerprint density at radius 3 is 2.31 bits per heavy atom. The summed E-state index contributed by atoms with van der Waals surface area (Å²) in [5, 5.41) is 3.91. The number of carbonyl (C=O) groups excluding carboxylic acids is 1. The summed E-state index contributed by atoms with van der Waals surface area (Å²) in [7, 11) is -5.78. The largest absolute Gasteiger partial charge is 0.534 e. The van der Waals surface area contributed by atoms with Gasteiger partial charge in [-0.3, -0.25) is 4.68 Å². The first-order valence-corrected chi connectivity index (χ1v) is 10.7. The average molecular weight is 439 g/mol. The van der Waals surface area contributed by atoms with Crippen LogP contribution in [-0.4, -0.2) is 53.4 Å². The van der Waals surface area contributed by atoms with Crippen LogP contribution in [0.5, 0.6) is 5.88 Å². The van der Waals surface area contributed by atoms with Crippen LogP contribution in [0.1, 0.15) is 52.1 Å². The number of nitrogens with zero attached hydrogens (tertiary/aromatic N) is 3. The number of carbonyl (C=O) groups is 1. The number of fused-ring (bicyclic) bond motifs is 2. The molecule has 1 aromatic heterocycles. The number of aryl methyl sites for hydroxylation is 1. The first-order chi connectivity index (χ1) is 13.2. The Balaban J connectivity index is 1.77. The van der Waals surface area contributed by atoms with Gasteiger partial charge in [0, 0.05) is 36.8 Å². The van der Waals surface area contributed by atoms with Crippen LogP contribution in [0, 0.1) is 0 Å². The van der Waals surface area contributed by atoms with Gasteiger partial charge in [0.05, 0.1) is 0 Å². The molecule has 0 unspecified atom stereocenters. The molecule has 1 amide bonds. The third-order valence-electron chi connectivity index (χ3n) is 5.18. The Morgan fingerprint density at radius 2 is 1.76 bits per heavy atom. The predicted octanol–water partition coefficient (Wildman–Crippen LogP) is 3.17. The maximum absolute atomic E-state index is 12.6. The number of hydrogen-bond acceptors (Lipinski definition) is 6. The number of amides is 1. The zero-order chi connectivity index (χ0) is 21.7. The molecule has 1 aromatic rings. The molecule has 0 atom stereocenters. The summed E-state index contributed by atoms with van der Waals surface area (Å²) in [6, 6.07) is 1.27. The molecule has 1 saturated heterocycles. The smallest absolute Gasteiger partial charge is 0.444 e. The van der Waals surface area contributed by atoms with Crippen molar-refractivity contribution in [2.75, 3.05) is 13.1 Å². The van der Waals surface area contributed by atoms with Gasteiger partial charge in [-0.15, -0.1) is 5.10 Å². The maximum Gasteiger partial charge on any atom is 0.534 e. The third-order valence-corrected chi connectivity index (χ3v) is 6.13. The lowest BCUT2D eigenvalue weighted by Crippen LogP contribution is -2.48. The number of rotatable bonds is 2. The van der Waals surface area contributed by atoms with Crippen molar-refractivity contribution in [2.45, 2.75) is 69.5 Å². The van der Waals surface area contributed by atoms with Crippen molar-refractivity contribution in [1.29, 1.82) is 0 Å². The minimum absolute atomic E-state index is 0.395. The van der Waals surface area contributed by atoms with Gasteiger partial charge in [-0.2, -0.15) is 21.6 Å². The van der Waals surface area contributed by atoms with Crippen molar-refractivity contribution in [3.8, 4) is 5.88 Å². The van der Waals surface area contributed by atoms with Crippen molar-refractivity contribution < 1.29 is 35.3 Å². The van der Waals surface area contributed by atoms with E-state index in [2.05, 4.69) is 9.28 Å². The molecule has 1 fully saturated rings. The fourth-order valence-corrected chi connectivity index (χ4v) is 4.24. The van der Waals surface area contributed by atoms with Gasteiger partial charge in [-0.1, -0.05) is 0 Å². The second-order valence-electron chi connectivity index (χ2n) is 8.43. The van der Waals surface area contributed by atoms with E-state index in [0.717, 1.165) is 12.8 Å². The molecular formula is C17H24F3N3O5S. The second-order valence-corrected chi connectivity index (χ2v) is 9.96. The highest BCUT2D eigenvalue weighted by Gasteiger charge is 2.49. The normalized spacial score (nSPS) is 19.7. The molecule has 3 rings (SSSR count). The van der Waals surface area contributed by atoms with Gasteiger partial charge in [0.2, 0.25) is 0 Å². The molecule has 2 aliphatic rings. The summed E-state index contributed by atoms with van der Waals surface area (Å²) in [4.78, 5) is 13.9. The van der Waals surface area contributed by atoms with Gasteiger partial charge in [0.25, 0.3) is 5.88 Å². The zero-order valence-electron chi connectivity index (χ0n) is 16.5. The van der Waals surface area contributed by atoms with Crippen molar-refractivity contribution in [3.05, 3.63) is 11.8 Å². The summed E-state index contributed by atoms with van der Waals surface area (Å²) >= 11 is 0. The molecule has 0 N–H and O–H groups in total. The summed E-state index contributed by atoms with van der Waals surface area (Å²) in [6.07, 6.45) is 2.25. The van der Waals surface area contributed by atoms with Crippen LogP contribution >= 0.6 is 0 Å². The first kappa shape index (κ1) is 21.7. The Bertz CT molecular complexity index is 881. The van der Waals surface area contributed by atoms with E-state index < -0.39 is 38.6 Å². The standard InChI is InChI=1S/C17H24F3N3O5S/c1-15(2,3)27-14(24)22-9-6-16(7-10-22)5-4-8-23-12(16)11-13(21-23)28-29(25,26)17(18,19)20/h11H,4-10H2,1-3H3. The number of ether oxygens (including phenoxy) is 1. The predicted molar refractivity (Wildman–Crippen MR) is 95.8 cm³/mol. The van der Waals surface area contributed by atoms with Crippen LogP contribution in [-0.2, 0) is 26.8 Å². The van der Waals surface area contributed by atoms with E-state index >= 15 is 0 Å². The van der Waals surface area contributed by atoms with E-state index in [9.17, 15) is 26.4 Å². The van der Waals surface area contributed by atoms with Crippen molar-refractivity contribution >= 4 is 16.2 Å². The lowest BCUT2D eigenvalue weighted by Gasteiger charge is -2.44. The van der Waals surface area contributed by atoms with Gasteiger partial charge in [-0.25, -0.2) is 4.79 Å². The number of hydrogen-bond donors (Lipinski definition) is 0. The third kappa shape index (κ3) is 4.46.